The molecule has 22 heteroatoms. The van der Waals surface area contributed by atoms with Crippen molar-refractivity contribution in [3.8, 4) is 0 Å². The standard InChI is InChI=1S/C12H22O11.C12H24O11/c13-1-4-6(16)8(18)9(19)11(21-4)23-12(3-15)10(20)7(17)5(2-14)22-12;13-1-4(16)7(18)11(5(17)2-14)23-12-10(21)9(20)8(19)6(3-15)22-12/h4-11,13-20H,1-3H2;4-21H,1-3H2/t4-,5-,6-,7-,8+,9-,10+,11-,12+;4-,5+,6+,7+,8-,9-,10+,11+,12-/m10/s1. The lowest BCUT2D eigenvalue weighted by molar-refractivity contribution is -0.383. The molecule has 22 nitrogen and oxygen atoms in total. The van der Waals surface area contributed by atoms with Crippen molar-refractivity contribution in [2.75, 3.05) is 39.6 Å². The number of rotatable bonds is 13. The molecule has 0 unspecified atom stereocenters. The molecule has 0 aromatic carbocycles. The predicted molar refractivity (Wildman–Crippen MR) is 139 cm³/mol. The van der Waals surface area contributed by atoms with Crippen molar-refractivity contribution >= 4 is 0 Å². The molecule has 3 rings (SSSR count). The summed E-state index contributed by atoms with van der Waals surface area (Å²) < 4.78 is 25.6. The van der Waals surface area contributed by atoms with Gasteiger partial charge in [-0.1, -0.05) is 0 Å². The molecule has 0 saturated carbocycles. The van der Waals surface area contributed by atoms with Crippen LogP contribution in [0.5, 0.6) is 0 Å². The van der Waals surface area contributed by atoms with Crippen molar-refractivity contribution in [3.05, 3.63) is 0 Å². The van der Waals surface area contributed by atoms with Crippen molar-refractivity contribution < 1.29 is 110 Å². The van der Waals surface area contributed by atoms with Gasteiger partial charge in [-0.3, -0.25) is 0 Å². The van der Waals surface area contributed by atoms with Crippen LogP contribution in [-0.2, 0) is 23.7 Å². The van der Waals surface area contributed by atoms with Crippen molar-refractivity contribution in [1.82, 2.24) is 0 Å². The van der Waals surface area contributed by atoms with Gasteiger partial charge in [0.1, 0.15) is 98.2 Å². The van der Waals surface area contributed by atoms with E-state index in [9.17, 15) is 61.3 Å². The van der Waals surface area contributed by atoms with Crippen molar-refractivity contribution in [2.24, 2.45) is 0 Å². The Morgan fingerprint density at radius 3 is 1.41 bits per heavy atom. The number of hydrogen-bond acceptors (Lipinski definition) is 22. The summed E-state index contributed by atoms with van der Waals surface area (Å²) in [5, 5.41) is 162. The van der Waals surface area contributed by atoms with E-state index >= 15 is 0 Å². The van der Waals surface area contributed by atoms with Crippen LogP contribution >= 0.6 is 0 Å². The minimum Gasteiger partial charge on any atom is -0.394 e. The quantitative estimate of drug-likeness (QED) is 0.0854. The fourth-order valence-corrected chi connectivity index (χ4v) is 4.80. The molecule has 3 saturated heterocycles. The largest absolute Gasteiger partial charge is 0.394 e. The minimum absolute atomic E-state index is 0.669. The molecule has 0 amide bonds. The molecule has 0 radical (unpaired) electrons. The fourth-order valence-electron chi connectivity index (χ4n) is 4.80. The van der Waals surface area contributed by atoms with Crippen LogP contribution in [0.4, 0.5) is 0 Å². The summed E-state index contributed by atoms with van der Waals surface area (Å²) in [5.41, 5.74) is 0. The first kappa shape index (κ1) is 41.3. The molecule has 0 aliphatic carbocycles. The third-order valence-electron chi connectivity index (χ3n) is 7.69. The van der Waals surface area contributed by atoms with Gasteiger partial charge in [-0.15, -0.1) is 0 Å². The average Bonchev–Trinajstić information content (AvgIpc) is 3.31. The first-order chi connectivity index (χ1) is 21.6. The lowest BCUT2D eigenvalue weighted by atomic mass is 9.98. The third-order valence-corrected chi connectivity index (χ3v) is 7.69. The Labute approximate surface area is 260 Å². The van der Waals surface area contributed by atoms with Crippen LogP contribution in [0.1, 0.15) is 0 Å². The summed E-state index contributed by atoms with van der Waals surface area (Å²) >= 11 is 0. The van der Waals surface area contributed by atoms with Gasteiger partial charge in [0.05, 0.1) is 33.0 Å². The van der Waals surface area contributed by atoms with Gasteiger partial charge in [0.25, 0.3) is 0 Å². The second-order valence-corrected chi connectivity index (χ2v) is 10.8. The molecule has 3 fully saturated rings. The molecule has 3 aliphatic rings. The number of aliphatic hydroxyl groups excluding tert-OH is 17. The van der Waals surface area contributed by atoms with E-state index in [1.165, 1.54) is 0 Å². The molecule has 0 aromatic rings. The number of hydrogen-bond donors (Lipinski definition) is 17. The van der Waals surface area contributed by atoms with Crippen LogP contribution in [0.25, 0.3) is 0 Å². The van der Waals surface area contributed by atoms with Gasteiger partial charge in [-0.05, 0) is 0 Å². The Balaban J connectivity index is 0.000000320. The van der Waals surface area contributed by atoms with E-state index in [-0.39, 0.29) is 0 Å². The average molecular weight is 687 g/mol. The van der Waals surface area contributed by atoms with Gasteiger partial charge < -0.3 is 110 Å². The normalized spacial score (nSPS) is 44.2. The maximum atomic E-state index is 10.00. The third kappa shape index (κ3) is 9.01. The lowest BCUT2D eigenvalue weighted by Gasteiger charge is -2.43. The lowest BCUT2D eigenvalue weighted by Crippen LogP contribution is -2.62. The van der Waals surface area contributed by atoms with Gasteiger partial charge in [-0.2, -0.15) is 0 Å². The molecule has 0 bridgehead atoms. The Morgan fingerprint density at radius 1 is 0.543 bits per heavy atom. The molecule has 18 atom stereocenters. The van der Waals surface area contributed by atoms with Crippen molar-refractivity contribution in [1.29, 1.82) is 0 Å². The maximum Gasteiger partial charge on any atom is 0.224 e. The number of ether oxygens (including phenoxy) is 5. The Bertz CT molecular complexity index is 870. The fraction of sp³-hybridized carbons (Fsp3) is 1.00. The second kappa shape index (κ2) is 18.2. The predicted octanol–water partition coefficient (Wildman–Crippen LogP) is -11.2. The zero-order chi connectivity index (χ0) is 35.1. The van der Waals surface area contributed by atoms with Gasteiger partial charge in [0.2, 0.25) is 5.79 Å². The Hall–Kier alpha value is -0.880. The van der Waals surface area contributed by atoms with E-state index in [1.54, 1.807) is 0 Å². The van der Waals surface area contributed by atoms with E-state index in [1.807, 2.05) is 0 Å². The molecular weight excluding hydrogens is 640 g/mol. The van der Waals surface area contributed by atoms with Gasteiger partial charge in [-0.25, -0.2) is 0 Å². The van der Waals surface area contributed by atoms with E-state index in [2.05, 4.69) is 0 Å². The summed E-state index contributed by atoms with van der Waals surface area (Å²) in [6.07, 6.45) is -27.7. The molecular formula is C24H46O22. The summed E-state index contributed by atoms with van der Waals surface area (Å²) in [6, 6.07) is 0. The molecule has 3 heterocycles. The highest BCUT2D eigenvalue weighted by Crippen LogP contribution is 2.36. The van der Waals surface area contributed by atoms with Crippen LogP contribution in [0, 0.1) is 0 Å². The summed E-state index contributed by atoms with van der Waals surface area (Å²) in [6.45, 7) is -4.78. The maximum absolute atomic E-state index is 10.00. The summed E-state index contributed by atoms with van der Waals surface area (Å²) in [7, 11) is 0. The zero-order valence-electron chi connectivity index (χ0n) is 24.2. The SMILES string of the molecule is OC[C@@H](O)[C@@H](O[C@@H]1O[C@H](CO)[C@H](O)[C@H](O)[C@H]1O)[C@H](O)[C@@H](O)CO.OC[C@H]1O[C@@](CO)(O[C@H]2O[C@H](CO)[C@@H](O)[C@H](O)[C@H]2O)[C@@H](O)[C@@H]1O. The number of aliphatic hydroxyl groups is 17. The molecule has 274 valence electrons. The second-order valence-electron chi connectivity index (χ2n) is 10.8. The topological polar surface area (TPSA) is 390 Å². The van der Waals surface area contributed by atoms with Crippen molar-refractivity contribution in [2.45, 2.75) is 110 Å². The monoisotopic (exact) mass is 686 g/mol. The van der Waals surface area contributed by atoms with E-state index in [4.69, 9.17) is 49.2 Å². The Kier molecular flexibility index (Phi) is 16.3. The van der Waals surface area contributed by atoms with Gasteiger partial charge in [0.15, 0.2) is 12.6 Å². The van der Waals surface area contributed by atoms with E-state index in [0.29, 0.717) is 0 Å². The van der Waals surface area contributed by atoms with Crippen LogP contribution < -0.4 is 0 Å². The van der Waals surface area contributed by atoms with Crippen LogP contribution in [0.15, 0.2) is 0 Å². The van der Waals surface area contributed by atoms with Gasteiger partial charge in [0, 0.05) is 0 Å². The van der Waals surface area contributed by atoms with E-state index in [0.717, 1.165) is 0 Å². The smallest absolute Gasteiger partial charge is 0.224 e. The van der Waals surface area contributed by atoms with Gasteiger partial charge >= 0.3 is 0 Å². The van der Waals surface area contributed by atoms with Crippen LogP contribution in [0.2, 0.25) is 0 Å². The molecule has 46 heavy (non-hydrogen) atoms. The summed E-state index contributed by atoms with van der Waals surface area (Å²) in [5.74, 6) is -2.22. The molecule has 3 aliphatic heterocycles. The summed E-state index contributed by atoms with van der Waals surface area (Å²) in [4.78, 5) is 0. The molecule has 0 aromatic heterocycles. The Morgan fingerprint density at radius 2 is 1.00 bits per heavy atom. The highest BCUT2D eigenvalue weighted by Gasteiger charge is 2.58. The van der Waals surface area contributed by atoms with Crippen LogP contribution in [0.3, 0.4) is 0 Å². The molecule has 17 N–H and O–H groups in total. The zero-order valence-corrected chi connectivity index (χ0v) is 24.2. The highest BCUT2D eigenvalue weighted by atomic mass is 16.8. The van der Waals surface area contributed by atoms with Crippen LogP contribution in [-0.4, -0.2) is 236 Å². The van der Waals surface area contributed by atoms with Crippen molar-refractivity contribution in [3.63, 3.8) is 0 Å². The van der Waals surface area contributed by atoms with E-state index < -0.39 is 150 Å². The highest BCUT2D eigenvalue weighted by molar-refractivity contribution is 4.98. The molecule has 0 spiro atoms. The first-order valence-electron chi connectivity index (χ1n) is 14.0. The first-order valence-corrected chi connectivity index (χ1v) is 14.0. The minimum atomic E-state index is -2.22.